The van der Waals surface area contributed by atoms with Crippen LogP contribution in [-0.4, -0.2) is 28.5 Å². The highest BCUT2D eigenvalue weighted by Crippen LogP contribution is 2.19. The van der Waals surface area contributed by atoms with Crippen LogP contribution >= 0.6 is 0 Å². The molecule has 0 unspecified atom stereocenters. The maximum absolute atomic E-state index is 11.8. The molecule has 0 aromatic carbocycles. The quantitative estimate of drug-likeness (QED) is 0.839. The Labute approximate surface area is 102 Å². The van der Waals surface area contributed by atoms with Crippen molar-refractivity contribution in [1.82, 2.24) is 9.78 Å². The third-order valence-corrected chi connectivity index (χ3v) is 2.36. The molecule has 8 heteroatoms. The Morgan fingerprint density at radius 1 is 1.44 bits per heavy atom. The normalized spacial score (nSPS) is 11.6. The number of nitrogen functional groups attached to an aromatic ring is 1. The summed E-state index contributed by atoms with van der Waals surface area (Å²) in [6.45, 7) is 2.41. The van der Waals surface area contributed by atoms with Crippen LogP contribution in [0.5, 0.6) is 0 Å². The van der Waals surface area contributed by atoms with Gasteiger partial charge in [0.2, 0.25) is 0 Å². The number of hydrogen-bond acceptors (Lipinski definition) is 4. The molecule has 0 saturated carbocycles. The molecular formula is C10H14F3N3O2. The molecule has 0 saturated heterocycles. The van der Waals surface area contributed by atoms with Crippen LogP contribution in [0.4, 0.5) is 18.9 Å². The fourth-order valence-electron chi connectivity index (χ4n) is 1.31. The van der Waals surface area contributed by atoms with Crippen molar-refractivity contribution in [3.63, 3.8) is 0 Å². The summed E-state index contributed by atoms with van der Waals surface area (Å²) in [4.78, 5) is 11.3. The number of esters is 1. The van der Waals surface area contributed by atoms with E-state index in [-0.39, 0.29) is 6.54 Å². The lowest BCUT2D eigenvalue weighted by atomic mass is 10.3. The van der Waals surface area contributed by atoms with Crippen LogP contribution < -0.4 is 5.73 Å². The van der Waals surface area contributed by atoms with Gasteiger partial charge in [-0.25, -0.2) is 0 Å². The van der Waals surface area contributed by atoms with Crippen LogP contribution in [0.15, 0.2) is 0 Å². The third kappa shape index (κ3) is 3.94. The monoisotopic (exact) mass is 265 g/mol. The van der Waals surface area contributed by atoms with Gasteiger partial charge in [0, 0.05) is 0 Å². The molecule has 1 rings (SSSR count). The first-order chi connectivity index (χ1) is 8.20. The Morgan fingerprint density at radius 3 is 2.50 bits per heavy atom. The van der Waals surface area contributed by atoms with E-state index in [0.717, 1.165) is 0 Å². The molecule has 0 amide bonds. The number of carbonyl (C=O) groups excluding carboxylic acids is 1. The summed E-state index contributed by atoms with van der Waals surface area (Å²) in [5, 5.41) is 3.98. The SMILES string of the molecule is Cc1nn(CC(=O)OCCC(F)(F)F)c(C)c1N. The fraction of sp³-hybridized carbons (Fsp3) is 0.600. The van der Waals surface area contributed by atoms with Crippen LogP contribution in [0.2, 0.25) is 0 Å². The molecule has 1 aromatic heterocycles. The second-order valence-electron chi connectivity index (χ2n) is 3.83. The molecule has 0 radical (unpaired) electrons. The lowest BCUT2D eigenvalue weighted by molar-refractivity contribution is -0.159. The smallest absolute Gasteiger partial charge is 0.392 e. The summed E-state index contributed by atoms with van der Waals surface area (Å²) in [5.41, 5.74) is 7.26. The molecule has 1 aromatic rings. The lowest BCUT2D eigenvalue weighted by Crippen LogP contribution is -2.19. The number of anilines is 1. The molecule has 0 bridgehead atoms. The van der Waals surface area contributed by atoms with E-state index in [0.29, 0.717) is 17.1 Å². The molecule has 1 heterocycles. The van der Waals surface area contributed by atoms with Gasteiger partial charge < -0.3 is 10.5 Å². The molecule has 0 fully saturated rings. The summed E-state index contributed by atoms with van der Waals surface area (Å²) < 4.78 is 41.3. The first-order valence-electron chi connectivity index (χ1n) is 5.22. The Morgan fingerprint density at radius 2 is 2.06 bits per heavy atom. The van der Waals surface area contributed by atoms with E-state index in [2.05, 4.69) is 9.84 Å². The van der Waals surface area contributed by atoms with Crippen molar-refractivity contribution in [3.05, 3.63) is 11.4 Å². The maximum Gasteiger partial charge on any atom is 0.392 e. The first kappa shape index (κ1) is 14.3. The number of aryl methyl sites for hydroxylation is 1. The van der Waals surface area contributed by atoms with Crippen LogP contribution in [-0.2, 0) is 16.1 Å². The average Bonchev–Trinajstić information content (AvgIpc) is 2.44. The van der Waals surface area contributed by atoms with Gasteiger partial charge in [0.1, 0.15) is 13.2 Å². The minimum absolute atomic E-state index is 0.248. The number of carbonyl (C=O) groups is 1. The van der Waals surface area contributed by atoms with Crippen LogP contribution in [0.3, 0.4) is 0 Å². The van der Waals surface area contributed by atoms with E-state index < -0.39 is 25.2 Å². The molecule has 102 valence electrons. The van der Waals surface area contributed by atoms with Crippen molar-refractivity contribution in [2.45, 2.75) is 33.0 Å². The Kier molecular flexibility index (Phi) is 4.20. The first-order valence-corrected chi connectivity index (χ1v) is 5.22. The maximum atomic E-state index is 11.8. The highest BCUT2D eigenvalue weighted by Gasteiger charge is 2.27. The predicted molar refractivity (Wildman–Crippen MR) is 57.7 cm³/mol. The van der Waals surface area contributed by atoms with E-state index in [4.69, 9.17) is 5.73 Å². The van der Waals surface area contributed by atoms with Gasteiger partial charge in [0.25, 0.3) is 0 Å². The zero-order chi connectivity index (χ0) is 13.9. The molecule has 0 aliphatic rings. The molecule has 0 aliphatic carbocycles. The van der Waals surface area contributed by atoms with Gasteiger partial charge in [-0.3, -0.25) is 9.48 Å². The lowest BCUT2D eigenvalue weighted by Gasteiger charge is -2.08. The fourth-order valence-corrected chi connectivity index (χ4v) is 1.31. The van der Waals surface area contributed by atoms with Gasteiger partial charge in [-0.15, -0.1) is 0 Å². The molecule has 0 aliphatic heterocycles. The summed E-state index contributed by atoms with van der Waals surface area (Å²) in [6.07, 6.45) is -5.49. The second kappa shape index (κ2) is 5.28. The van der Waals surface area contributed by atoms with E-state index >= 15 is 0 Å². The third-order valence-electron chi connectivity index (χ3n) is 2.36. The Hall–Kier alpha value is -1.73. The van der Waals surface area contributed by atoms with Crippen molar-refractivity contribution < 1.29 is 22.7 Å². The van der Waals surface area contributed by atoms with Gasteiger partial charge in [0.15, 0.2) is 0 Å². The summed E-state index contributed by atoms with van der Waals surface area (Å²) in [6, 6.07) is 0. The highest BCUT2D eigenvalue weighted by molar-refractivity contribution is 5.69. The van der Waals surface area contributed by atoms with Crippen molar-refractivity contribution in [1.29, 1.82) is 0 Å². The molecule has 2 N–H and O–H groups in total. The molecule has 0 atom stereocenters. The largest absolute Gasteiger partial charge is 0.464 e. The number of rotatable bonds is 4. The number of halogens is 3. The number of nitrogens with zero attached hydrogens (tertiary/aromatic N) is 2. The molecular weight excluding hydrogens is 251 g/mol. The predicted octanol–water partition coefficient (Wildman–Crippen LogP) is 1.58. The van der Waals surface area contributed by atoms with Crippen LogP contribution in [0.1, 0.15) is 17.8 Å². The zero-order valence-corrected chi connectivity index (χ0v) is 10.0. The topological polar surface area (TPSA) is 70.1 Å². The minimum atomic E-state index is -4.33. The zero-order valence-electron chi connectivity index (χ0n) is 10.0. The Bertz CT molecular complexity index is 440. The summed E-state index contributed by atoms with van der Waals surface area (Å²) in [7, 11) is 0. The van der Waals surface area contributed by atoms with Crippen molar-refractivity contribution in [3.8, 4) is 0 Å². The van der Waals surface area contributed by atoms with Gasteiger partial charge in [0.05, 0.1) is 23.5 Å². The standard InChI is InChI=1S/C10H14F3N3O2/c1-6-9(14)7(2)16(15-6)5-8(17)18-4-3-10(11,12)13/h3-5,14H2,1-2H3. The highest BCUT2D eigenvalue weighted by atomic mass is 19.4. The molecule has 0 spiro atoms. The molecule has 5 nitrogen and oxygen atoms in total. The molecule has 18 heavy (non-hydrogen) atoms. The van der Waals surface area contributed by atoms with Gasteiger partial charge in [-0.05, 0) is 13.8 Å². The number of ether oxygens (including phenoxy) is 1. The van der Waals surface area contributed by atoms with Crippen LogP contribution in [0, 0.1) is 13.8 Å². The van der Waals surface area contributed by atoms with Crippen molar-refractivity contribution >= 4 is 11.7 Å². The number of aromatic nitrogens is 2. The average molecular weight is 265 g/mol. The summed E-state index contributed by atoms with van der Waals surface area (Å²) in [5.74, 6) is -0.773. The number of alkyl halides is 3. The van der Waals surface area contributed by atoms with E-state index in [1.807, 2.05) is 0 Å². The van der Waals surface area contributed by atoms with Crippen molar-refractivity contribution in [2.75, 3.05) is 12.3 Å². The van der Waals surface area contributed by atoms with Crippen LogP contribution in [0.25, 0.3) is 0 Å². The van der Waals surface area contributed by atoms with E-state index in [1.165, 1.54) is 4.68 Å². The van der Waals surface area contributed by atoms with Gasteiger partial charge in [-0.2, -0.15) is 18.3 Å². The number of hydrogen-bond donors (Lipinski definition) is 1. The summed E-state index contributed by atoms with van der Waals surface area (Å²) >= 11 is 0. The second-order valence-corrected chi connectivity index (χ2v) is 3.83. The van der Waals surface area contributed by atoms with E-state index in [1.54, 1.807) is 13.8 Å². The minimum Gasteiger partial charge on any atom is -0.464 e. The van der Waals surface area contributed by atoms with Gasteiger partial charge >= 0.3 is 12.1 Å². The van der Waals surface area contributed by atoms with Gasteiger partial charge in [-0.1, -0.05) is 0 Å². The van der Waals surface area contributed by atoms with Crippen molar-refractivity contribution in [2.24, 2.45) is 0 Å². The number of nitrogens with two attached hydrogens (primary N) is 1. The Balaban J connectivity index is 2.48. The van der Waals surface area contributed by atoms with E-state index in [9.17, 15) is 18.0 Å².